The lowest BCUT2D eigenvalue weighted by Crippen LogP contribution is -2.55. The van der Waals surface area contributed by atoms with Crippen LogP contribution >= 0.6 is 11.3 Å². The van der Waals surface area contributed by atoms with Gasteiger partial charge in [-0.2, -0.15) is 4.98 Å². The van der Waals surface area contributed by atoms with Crippen LogP contribution in [0.4, 0.5) is 0 Å². The monoisotopic (exact) mass is 451 g/mol. The highest BCUT2D eigenvalue weighted by Crippen LogP contribution is 2.36. The minimum Gasteiger partial charge on any atom is -0.497 e. The summed E-state index contributed by atoms with van der Waals surface area (Å²) in [5, 5.41) is 45.5. The number of nitrogens with zero attached hydrogens (tertiary/aromatic N) is 3. The zero-order valence-corrected chi connectivity index (χ0v) is 17.4. The summed E-state index contributed by atoms with van der Waals surface area (Å²) in [6.07, 6.45) is -6.39. The number of methoxy groups -OCH3 is 2. The van der Waals surface area contributed by atoms with Crippen LogP contribution in [0.5, 0.6) is 11.5 Å². The quantitative estimate of drug-likeness (QED) is 0.410. The maximum atomic E-state index is 10.3. The van der Waals surface area contributed by atoms with E-state index < -0.39 is 37.1 Å². The Labute approximate surface area is 180 Å². The third kappa shape index (κ3) is 4.13. The van der Waals surface area contributed by atoms with E-state index in [0.717, 1.165) is 11.3 Å². The molecule has 31 heavy (non-hydrogen) atoms. The van der Waals surface area contributed by atoms with Gasteiger partial charge in [-0.05, 0) is 12.1 Å². The minimum absolute atomic E-state index is 0.142. The molecule has 3 heterocycles. The summed E-state index contributed by atoms with van der Waals surface area (Å²) in [5.41, 5.74) is 0.973. The summed E-state index contributed by atoms with van der Waals surface area (Å²) in [4.78, 5) is 8.73. The van der Waals surface area contributed by atoms with Gasteiger partial charge < -0.3 is 39.2 Å². The number of aliphatic hydroxyl groups excluding tert-OH is 4. The first-order valence-corrected chi connectivity index (χ1v) is 10.2. The van der Waals surface area contributed by atoms with Crippen LogP contribution < -0.4 is 9.47 Å². The molecule has 11 nitrogen and oxygen atoms in total. The second kappa shape index (κ2) is 8.86. The predicted molar refractivity (Wildman–Crippen MR) is 107 cm³/mol. The van der Waals surface area contributed by atoms with Gasteiger partial charge in [0, 0.05) is 17.0 Å². The summed E-state index contributed by atoms with van der Waals surface area (Å²) in [6.45, 7) is -0.517. The summed E-state index contributed by atoms with van der Waals surface area (Å²) >= 11 is 1.15. The summed E-state index contributed by atoms with van der Waals surface area (Å²) in [7, 11) is 3.08. The molecule has 1 aliphatic rings. The van der Waals surface area contributed by atoms with Gasteiger partial charge in [0.15, 0.2) is 0 Å². The van der Waals surface area contributed by atoms with E-state index >= 15 is 0 Å². The van der Waals surface area contributed by atoms with Crippen LogP contribution in [0, 0.1) is 0 Å². The lowest BCUT2D eigenvalue weighted by atomic mass is 9.95. The maximum Gasteiger partial charge on any atom is 0.277 e. The van der Waals surface area contributed by atoms with E-state index in [4.69, 9.17) is 18.7 Å². The fourth-order valence-electron chi connectivity index (χ4n) is 3.20. The highest BCUT2D eigenvalue weighted by atomic mass is 32.1. The molecule has 2 aromatic heterocycles. The third-order valence-corrected chi connectivity index (χ3v) is 5.82. The van der Waals surface area contributed by atoms with Crippen molar-refractivity contribution in [2.75, 3.05) is 20.8 Å². The van der Waals surface area contributed by atoms with E-state index in [1.165, 1.54) is 14.2 Å². The molecule has 4 N–H and O–H groups in total. The van der Waals surface area contributed by atoms with Crippen molar-refractivity contribution in [3.8, 4) is 34.5 Å². The van der Waals surface area contributed by atoms with Crippen LogP contribution in [0.3, 0.4) is 0 Å². The van der Waals surface area contributed by atoms with Gasteiger partial charge >= 0.3 is 0 Å². The van der Waals surface area contributed by atoms with Gasteiger partial charge in [-0.15, -0.1) is 11.3 Å². The minimum atomic E-state index is -1.48. The number of aliphatic hydroxyl groups is 4. The molecule has 0 radical (unpaired) electrons. The van der Waals surface area contributed by atoms with Crippen molar-refractivity contribution in [1.29, 1.82) is 0 Å². The van der Waals surface area contributed by atoms with Crippen LogP contribution in [0.25, 0.3) is 23.0 Å². The number of hydrogen-bond acceptors (Lipinski definition) is 12. The molecular formula is C19H21N3O8S. The molecule has 0 unspecified atom stereocenters. The van der Waals surface area contributed by atoms with Gasteiger partial charge in [0.1, 0.15) is 52.7 Å². The summed E-state index contributed by atoms with van der Waals surface area (Å²) in [5.74, 6) is 1.58. The second-order valence-electron chi connectivity index (χ2n) is 6.84. The zero-order valence-electron chi connectivity index (χ0n) is 16.6. The summed E-state index contributed by atoms with van der Waals surface area (Å²) < 4.78 is 21.4. The molecule has 4 rings (SSSR count). The van der Waals surface area contributed by atoms with Gasteiger partial charge in [0.2, 0.25) is 5.82 Å². The zero-order chi connectivity index (χ0) is 22.1. The maximum absolute atomic E-state index is 10.3. The lowest BCUT2D eigenvalue weighted by molar-refractivity contribution is -0.231. The molecule has 0 spiro atoms. The van der Waals surface area contributed by atoms with E-state index in [-0.39, 0.29) is 5.89 Å². The van der Waals surface area contributed by atoms with E-state index in [1.54, 1.807) is 23.6 Å². The molecule has 1 fully saturated rings. The smallest absolute Gasteiger partial charge is 0.277 e. The van der Waals surface area contributed by atoms with Crippen LogP contribution in [0.2, 0.25) is 0 Å². The predicted octanol–water partition coefficient (Wildman–Crippen LogP) is 0.392. The van der Waals surface area contributed by atoms with Crippen LogP contribution in [0.15, 0.2) is 28.1 Å². The van der Waals surface area contributed by atoms with Gasteiger partial charge in [0.05, 0.1) is 20.8 Å². The molecule has 0 amide bonds. The molecule has 0 saturated carbocycles. The van der Waals surface area contributed by atoms with Gasteiger partial charge in [-0.1, -0.05) is 5.16 Å². The Morgan fingerprint density at radius 2 is 1.71 bits per heavy atom. The van der Waals surface area contributed by atoms with Crippen LogP contribution in [0.1, 0.15) is 11.1 Å². The molecule has 0 bridgehead atoms. The van der Waals surface area contributed by atoms with Crippen molar-refractivity contribution in [2.45, 2.75) is 30.5 Å². The molecule has 1 saturated heterocycles. The van der Waals surface area contributed by atoms with Crippen molar-refractivity contribution < 1.29 is 39.2 Å². The van der Waals surface area contributed by atoms with Crippen molar-refractivity contribution >= 4 is 11.3 Å². The topological polar surface area (TPSA) is 160 Å². The Bertz CT molecular complexity index is 1020. The number of thiazole rings is 1. The standard InChI is InChI=1S/C19H21N3O8S/c1-27-9-3-8(4-10(5-9)28-2)17-21-18(30-22-17)11-7-31-19(20-11)16-15(26)14(25)13(24)12(6-23)29-16/h3-5,7,12-16,23-26H,6H2,1-2H3/t12-,13+,14+,15-,16-/m1/s1. The van der Waals surface area contributed by atoms with Crippen LogP contribution in [-0.4, -0.2) is 80.8 Å². The third-order valence-electron chi connectivity index (χ3n) is 4.91. The van der Waals surface area contributed by atoms with Crippen molar-refractivity contribution in [2.24, 2.45) is 0 Å². The van der Waals surface area contributed by atoms with E-state index in [2.05, 4.69) is 15.1 Å². The Morgan fingerprint density at radius 1 is 1.00 bits per heavy atom. The average molecular weight is 451 g/mol. The normalized spacial score (nSPS) is 26.1. The number of hydrogen-bond donors (Lipinski definition) is 4. The largest absolute Gasteiger partial charge is 0.497 e. The molecule has 1 aromatic carbocycles. The highest BCUT2D eigenvalue weighted by Gasteiger charge is 2.45. The van der Waals surface area contributed by atoms with Crippen LogP contribution in [-0.2, 0) is 4.74 Å². The fourth-order valence-corrected chi connectivity index (χ4v) is 4.07. The molecule has 166 valence electrons. The lowest BCUT2D eigenvalue weighted by Gasteiger charge is -2.39. The number of ether oxygens (including phenoxy) is 3. The van der Waals surface area contributed by atoms with Gasteiger partial charge in [-0.3, -0.25) is 0 Å². The Morgan fingerprint density at radius 3 is 2.35 bits per heavy atom. The van der Waals surface area contributed by atoms with E-state index in [1.807, 2.05) is 0 Å². The first-order valence-electron chi connectivity index (χ1n) is 9.28. The average Bonchev–Trinajstić information content (AvgIpc) is 3.47. The molecule has 12 heteroatoms. The molecule has 1 aliphatic heterocycles. The van der Waals surface area contributed by atoms with Crippen molar-refractivity contribution in [3.05, 3.63) is 28.6 Å². The number of benzene rings is 1. The fraction of sp³-hybridized carbons (Fsp3) is 0.421. The Kier molecular flexibility index (Phi) is 6.18. The first-order chi connectivity index (χ1) is 14.9. The van der Waals surface area contributed by atoms with E-state index in [9.17, 15) is 20.4 Å². The number of aromatic nitrogens is 3. The second-order valence-corrected chi connectivity index (χ2v) is 7.73. The van der Waals surface area contributed by atoms with Gasteiger partial charge in [-0.25, -0.2) is 4.98 Å². The molecular weight excluding hydrogens is 430 g/mol. The van der Waals surface area contributed by atoms with Crippen molar-refractivity contribution in [1.82, 2.24) is 15.1 Å². The molecule has 0 aliphatic carbocycles. The highest BCUT2D eigenvalue weighted by molar-refractivity contribution is 7.10. The molecule has 5 atom stereocenters. The number of rotatable bonds is 6. The van der Waals surface area contributed by atoms with Gasteiger partial charge in [0.25, 0.3) is 5.89 Å². The Balaban J connectivity index is 1.59. The molecule has 3 aromatic rings. The summed E-state index contributed by atoms with van der Waals surface area (Å²) in [6, 6.07) is 5.19. The Hall–Kier alpha value is -2.61. The van der Waals surface area contributed by atoms with E-state index in [0.29, 0.717) is 33.6 Å². The first kappa shape index (κ1) is 21.6. The SMILES string of the molecule is COc1cc(OC)cc(-c2noc(-c3csc([C@@H]4O[C@H](CO)[C@H](O)[C@H](O)[C@H]4O)n3)n2)c1. The van der Waals surface area contributed by atoms with Crippen molar-refractivity contribution in [3.63, 3.8) is 0 Å².